The third-order valence-electron chi connectivity index (χ3n) is 4.13. The molecule has 0 aromatic heterocycles. The van der Waals surface area contributed by atoms with Crippen molar-refractivity contribution >= 4 is 0 Å². The number of hydrogen-bond acceptors (Lipinski definition) is 0. The lowest BCUT2D eigenvalue weighted by Gasteiger charge is -2.43. The Kier molecular flexibility index (Phi) is 5.36. The van der Waals surface area contributed by atoms with Crippen molar-refractivity contribution in [2.24, 2.45) is 16.2 Å². The van der Waals surface area contributed by atoms with E-state index in [0.29, 0.717) is 6.42 Å². The second-order valence-corrected chi connectivity index (χ2v) is 7.85. The highest BCUT2D eigenvalue weighted by atomic mass is 19.4. The Morgan fingerprint density at radius 2 is 1.06 bits per heavy atom. The summed E-state index contributed by atoms with van der Waals surface area (Å²) >= 11 is 0. The first-order valence-electron chi connectivity index (χ1n) is 6.77. The van der Waals surface area contributed by atoms with Gasteiger partial charge in [0.1, 0.15) is 0 Å². The summed E-state index contributed by atoms with van der Waals surface area (Å²) < 4.78 is 39.8. The van der Waals surface area contributed by atoms with E-state index in [0.717, 1.165) is 12.8 Å². The number of halogens is 3. The van der Waals surface area contributed by atoms with Gasteiger partial charge in [-0.1, -0.05) is 61.3 Å². The van der Waals surface area contributed by atoms with Crippen LogP contribution in [-0.2, 0) is 0 Å². The van der Waals surface area contributed by atoms with Crippen LogP contribution in [0.3, 0.4) is 0 Å². The van der Waals surface area contributed by atoms with E-state index in [9.17, 15) is 13.2 Å². The molecule has 0 amide bonds. The molecule has 110 valence electrons. The van der Waals surface area contributed by atoms with Crippen LogP contribution in [0.1, 0.15) is 74.1 Å². The molecular formula is C15H29F3. The van der Waals surface area contributed by atoms with Crippen LogP contribution in [0, 0.1) is 16.2 Å². The molecule has 0 aliphatic carbocycles. The largest absolute Gasteiger partial charge is 0.394 e. The van der Waals surface area contributed by atoms with Gasteiger partial charge in [-0.3, -0.25) is 0 Å². The average molecular weight is 266 g/mol. The predicted molar refractivity (Wildman–Crippen MR) is 71.5 cm³/mol. The molecule has 0 aromatic rings. The van der Waals surface area contributed by atoms with Crippen LogP contribution < -0.4 is 0 Å². The first-order chi connectivity index (χ1) is 7.71. The summed E-state index contributed by atoms with van der Waals surface area (Å²) in [4.78, 5) is 0. The molecule has 0 saturated heterocycles. The molecule has 0 nitrogen and oxygen atoms in total. The quantitative estimate of drug-likeness (QED) is 0.531. The zero-order valence-corrected chi connectivity index (χ0v) is 13.0. The molecule has 0 aliphatic rings. The van der Waals surface area contributed by atoms with Gasteiger partial charge in [-0.2, -0.15) is 13.2 Å². The molecular weight excluding hydrogens is 237 g/mol. The molecule has 0 fully saturated rings. The molecule has 0 saturated carbocycles. The van der Waals surface area contributed by atoms with Gasteiger partial charge in [-0.15, -0.1) is 0 Å². The Bertz CT molecular complexity index is 236. The lowest BCUT2D eigenvalue weighted by atomic mass is 9.64. The summed E-state index contributed by atoms with van der Waals surface area (Å²) in [5.41, 5.74) is -2.15. The number of unbranched alkanes of at least 4 members (excludes halogenated alkanes) is 1. The molecule has 0 radical (unpaired) electrons. The van der Waals surface area contributed by atoms with Gasteiger partial charge >= 0.3 is 6.18 Å². The Morgan fingerprint density at radius 3 is 1.33 bits per heavy atom. The summed E-state index contributed by atoms with van der Waals surface area (Å²) in [5, 5.41) is 0. The molecule has 0 unspecified atom stereocenters. The lowest BCUT2D eigenvalue weighted by molar-refractivity contribution is -0.254. The van der Waals surface area contributed by atoms with Crippen molar-refractivity contribution in [1.82, 2.24) is 0 Å². The van der Waals surface area contributed by atoms with E-state index in [4.69, 9.17) is 0 Å². The van der Waals surface area contributed by atoms with Crippen LogP contribution in [0.4, 0.5) is 13.2 Å². The average Bonchev–Trinajstić information content (AvgIpc) is 2.06. The highest BCUT2D eigenvalue weighted by Crippen LogP contribution is 2.53. The summed E-state index contributed by atoms with van der Waals surface area (Å²) in [6, 6.07) is 0. The first kappa shape index (κ1) is 17.8. The van der Waals surface area contributed by atoms with Crippen LogP contribution in [0.25, 0.3) is 0 Å². The minimum Gasteiger partial charge on any atom is -0.170 e. The number of hydrogen-bond donors (Lipinski definition) is 0. The van der Waals surface area contributed by atoms with E-state index in [1.165, 1.54) is 6.92 Å². The fraction of sp³-hybridized carbons (Fsp3) is 1.00. The highest BCUT2D eigenvalue weighted by molar-refractivity contribution is 4.92. The maximum absolute atomic E-state index is 13.3. The molecule has 0 aliphatic heterocycles. The van der Waals surface area contributed by atoms with E-state index >= 15 is 0 Å². The smallest absolute Gasteiger partial charge is 0.170 e. The topological polar surface area (TPSA) is 0 Å². The van der Waals surface area contributed by atoms with Crippen LogP contribution in [0.2, 0.25) is 0 Å². The Balaban J connectivity index is 4.58. The molecule has 0 spiro atoms. The van der Waals surface area contributed by atoms with Crippen molar-refractivity contribution in [1.29, 1.82) is 0 Å². The van der Waals surface area contributed by atoms with E-state index in [2.05, 4.69) is 20.8 Å². The minimum atomic E-state index is -4.13. The zero-order chi connectivity index (χ0) is 14.8. The van der Waals surface area contributed by atoms with Crippen LogP contribution in [0.15, 0.2) is 0 Å². The van der Waals surface area contributed by atoms with Gasteiger partial charge in [0.15, 0.2) is 0 Å². The van der Waals surface area contributed by atoms with Gasteiger partial charge in [0.25, 0.3) is 0 Å². The Morgan fingerprint density at radius 1 is 0.667 bits per heavy atom. The highest BCUT2D eigenvalue weighted by Gasteiger charge is 2.56. The van der Waals surface area contributed by atoms with Gasteiger partial charge < -0.3 is 0 Å². The van der Waals surface area contributed by atoms with Crippen LogP contribution in [-0.4, -0.2) is 6.18 Å². The summed E-state index contributed by atoms with van der Waals surface area (Å²) in [5.74, 6) is 0. The monoisotopic (exact) mass is 266 g/mol. The second kappa shape index (κ2) is 5.42. The molecule has 0 rings (SSSR count). The fourth-order valence-electron chi connectivity index (χ4n) is 2.08. The molecule has 18 heavy (non-hydrogen) atoms. The molecule has 3 heteroatoms. The van der Waals surface area contributed by atoms with Crippen molar-refractivity contribution < 1.29 is 13.2 Å². The van der Waals surface area contributed by atoms with Gasteiger partial charge in [-0.05, 0) is 23.7 Å². The van der Waals surface area contributed by atoms with E-state index in [-0.39, 0.29) is 11.8 Å². The maximum Gasteiger partial charge on any atom is 0.394 e. The summed E-state index contributed by atoms with van der Waals surface area (Å²) in [7, 11) is 0. The van der Waals surface area contributed by atoms with E-state index in [1.807, 2.05) is 0 Å². The summed E-state index contributed by atoms with van der Waals surface area (Å²) in [6.07, 6.45) is -1.43. The second-order valence-electron chi connectivity index (χ2n) is 7.85. The minimum absolute atomic E-state index is 0.205. The normalized spacial score (nSPS) is 17.7. The van der Waals surface area contributed by atoms with Crippen molar-refractivity contribution in [3.8, 4) is 0 Å². The zero-order valence-electron chi connectivity index (χ0n) is 13.0. The number of rotatable bonds is 4. The molecule has 0 N–H and O–H groups in total. The third kappa shape index (κ3) is 4.81. The SMILES string of the molecule is CC(C)(C)CCCC[C@@](C)(C(C)(C)C)C(F)(F)F. The van der Waals surface area contributed by atoms with Crippen molar-refractivity contribution in [3.05, 3.63) is 0 Å². The van der Waals surface area contributed by atoms with E-state index < -0.39 is 17.0 Å². The van der Waals surface area contributed by atoms with Gasteiger partial charge in [0.2, 0.25) is 0 Å². The third-order valence-corrected chi connectivity index (χ3v) is 4.13. The van der Waals surface area contributed by atoms with Crippen molar-refractivity contribution in [2.75, 3.05) is 0 Å². The van der Waals surface area contributed by atoms with E-state index in [1.54, 1.807) is 20.8 Å². The fourth-order valence-corrected chi connectivity index (χ4v) is 2.08. The Labute approximate surface area is 110 Å². The molecule has 0 aromatic carbocycles. The first-order valence-corrected chi connectivity index (χ1v) is 6.77. The van der Waals surface area contributed by atoms with Crippen molar-refractivity contribution in [2.45, 2.75) is 80.3 Å². The lowest BCUT2D eigenvalue weighted by Crippen LogP contribution is -2.45. The predicted octanol–water partition coefficient (Wildman–Crippen LogP) is 6.21. The van der Waals surface area contributed by atoms with Crippen LogP contribution >= 0.6 is 0 Å². The van der Waals surface area contributed by atoms with Gasteiger partial charge in [-0.25, -0.2) is 0 Å². The Hall–Kier alpha value is -0.210. The summed E-state index contributed by atoms with van der Waals surface area (Å²) in [6.45, 7) is 12.8. The number of alkyl halides is 3. The van der Waals surface area contributed by atoms with Crippen LogP contribution in [0.5, 0.6) is 0 Å². The standard InChI is InChI=1S/C15H29F3/c1-12(2,3)10-8-9-11-14(7,13(4,5)6)15(16,17)18/h8-11H2,1-7H3/t14-/m0/s1. The van der Waals surface area contributed by atoms with Crippen molar-refractivity contribution in [3.63, 3.8) is 0 Å². The molecule has 0 bridgehead atoms. The molecule has 1 atom stereocenters. The van der Waals surface area contributed by atoms with Gasteiger partial charge in [0.05, 0.1) is 5.41 Å². The molecule has 0 heterocycles. The van der Waals surface area contributed by atoms with Gasteiger partial charge in [0, 0.05) is 0 Å². The maximum atomic E-state index is 13.3.